The normalized spacial score (nSPS) is 12.8. The Morgan fingerprint density at radius 3 is 2.47 bits per heavy atom. The van der Waals surface area contributed by atoms with Crippen molar-refractivity contribution in [1.29, 1.82) is 0 Å². The first-order chi connectivity index (χ1) is 8.95. The predicted octanol–water partition coefficient (Wildman–Crippen LogP) is 4.09. The van der Waals surface area contributed by atoms with Crippen molar-refractivity contribution in [2.45, 2.75) is 55.9 Å². The topological polar surface area (TPSA) is 85.2 Å². The Hall–Kier alpha value is -0.630. The summed E-state index contributed by atoms with van der Waals surface area (Å²) in [6.07, 6.45) is 3.37. The van der Waals surface area contributed by atoms with Crippen LogP contribution in [0.25, 0.3) is 0 Å². The van der Waals surface area contributed by atoms with Gasteiger partial charge in [-0.25, -0.2) is 0 Å². The summed E-state index contributed by atoms with van der Waals surface area (Å²) in [5.74, 6) is -0.223. The van der Waals surface area contributed by atoms with Crippen molar-refractivity contribution in [3.8, 4) is 0 Å². The van der Waals surface area contributed by atoms with Gasteiger partial charge in [-0.1, -0.05) is 6.42 Å². The Kier molecular flexibility index (Phi) is 9.85. The molecule has 0 N–H and O–H groups in total. The number of nitroso groups, excluding NO2 is 2. The third-order valence-corrected chi connectivity index (χ3v) is 4.10. The van der Waals surface area contributed by atoms with Crippen LogP contribution in [-0.4, -0.2) is 23.1 Å². The lowest BCUT2D eigenvalue weighted by Crippen LogP contribution is -2.20. The van der Waals surface area contributed by atoms with Gasteiger partial charge in [0.2, 0.25) is 0 Å². The minimum atomic E-state index is -0.313. The van der Waals surface area contributed by atoms with Gasteiger partial charge in [0.1, 0.15) is 0 Å². The molecule has 0 aliphatic rings. The minimum absolute atomic E-state index is 0.0411. The number of methoxy groups -OCH3 is 1. The van der Waals surface area contributed by atoms with Gasteiger partial charge in [-0.2, -0.15) is 0 Å². The molecule has 0 radical (unpaired) electrons. The van der Waals surface area contributed by atoms with Crippen molar-refractivity contribution < 1.29 is 9.53 Å². The number of nitrogens with zero attached hydrogens (tertiary/aromatic N) is 2. The van der Waals surface area contributed by atoms with Crippen molar-refractivity contribution in [1.82, 2.24) is 0 Å². The zero-order valence-corrected chi connectivity index (χ0v) is 13.1. The van der Waals surface area contributed by atoms with E-state index in [-0.39, 0.29) is 16.0 Å². The Bertz CT molecular complexity index is 300. The standard InChI is InChI=1S/C11H20N2O4S2/c1-11(2,19-13-16)8-9(18-12-15)6-4-5-7-10(14)17-3/h9H,4-8H2,1-3H3. The highest BCUT2D eigenvalue weighted by Crippen LogP contribution is 2.35. The van der Waals surface area contributed by atoms with Crippen molar-refractivity contribution >= 4 is 29.9 Å². The summed E-state index contributed by atoms with van der Waals surface area (Å²) in [5.41, 5.74) is 0. The van der Waals surface area contributed by atoms with Crippen LogP contribution in [0.3, 0.4) is 0 Å². The van der Waals surface area contributed by atoms with Crippen LogP contribution in [0.2, 0.25) is 0 Å². The fourth-order valence-corrected chi connectivity index (χ4v) is 3.15. The number of esters is 1. The molecule has 0 bridgehead atoms. The maximum absolute atomic E-state index is 10.9. The van der Waals surface area contributed by atoms with E-state index in [2.05, 4.69) is 13.9 Å². The lowest BCUT2D eigenvalue weighted by Gasteiger charge is -2.23. The number of unbranched alkanes of at least 4 members (excludes halogenated alkanes) is 1. The van der Waals surface area contributed by atoms with Crippen LogP contribution in [0.5, 0.6) is 0 Å². The van der Waals surface area contributed by atoms with E-state index in [0.717, 1.165) is 43.2 Å². The summed E-state index contributed by atoms with van der Waals surface area (Å²) in [5, 5.41) is 0.0411. The molecule has 1 unspecified atom stereocenters. The Morgan fingerprint density at radius 2 is 1.95 bits per heavy atom. The second-order valence-electron chi connectivity index (χ2n) is 4.75. The van der Waals surface area contributed by atoms with Crippen molar-refractivity contribution in [2.24, 2.45) is 9.16 Å². The van der Waals surface area contributed by atoms with E-state index in [9.17, 15) is 14.6 Å². The van der Waals surface area contributed by atoms with Crippen LogP contribution >= 0.6 is 23.9 Å². The quantitative estimate of drug-likeness (QED) is 0.247. The molecule has 0 aromatic heterocycles. The van der Waals surface area contributed by atoms with E-state index < -0.39 is 0 Å². The zero-order valence-electron chi connectivity index (χ0n) is 11.5. The molecule has 0 saturated heterocycles. The molecule has 0 spiro atoms. The third-order valence-electron chi connectivity index (χ3n) is 2.58. The molecule has 0 aliphatic carbocycles. The first kappa shape index (κ1) is 18.4. The predicted molar refractivity (Wildman–Crippen MR) is 79.7 cm³/mol. The SMILES string of the molecule is COC(=O)CCCCC(CC(C)(C)SN=O)SN=O. The van der Waals surface area contributed by atoms with E-state index in [1.54, 1.807) is 0 Å². The number of rotatable bonds is 11. The summed E-state index contributed by atoms with van der Waals surface area (Å²) >= 11 is 1.96. The fourth-order valence-electron chi connectivity index (χ4n) is 1.68. The van der Waals surface area contributed by atoms with Gasteiger partial charge in [-0.3, -0.25) is 4.79 Å². The molecule has 0 aliphatic heterocycles. The molecule has 0 aromatic rings. The van der Waals surface area contributed by atoms with E-state index in [1.807, 2.05) is 13.8 Å². The molecule has 110 valence electrons. The minimum Gasteiger partial charge on any atom is -0.469 e. The second kappa shape index (κ2) is 10.2. The Morgan fingerprint density at radius 1 is 1.26 bits per heavy atom. The first-order valence-electron chi connectivity index (χ1n) is 6.01. The summed E-state index contributed by atoms with van der Waals surface area (Å²) < 4.78 is 9.95. The molecule has 0 fully saturated rings. The number of hydrogen-bond acceptors (Lipinski definition) is 8. The van der Waals surface area contributed by atoms with Gasteiger partial charge in [0.25, 0.3) is 0 Å². The fraction of sp³-hybridized carbons (Fsp3) is 0.909. The van der Waals surface area contributed by atoms with E-state index >= 15 is 0 Å². The van der Waals surface area contributed by atoms with Crippen molar-refractivity contribution in [3.63, 3.8) is 0 Å². The van der Waals surface area contributed by atoms with Gasteiger partial charge < -0.3 is 4.74 Å². The number of carbonyl (C=O) groups is 1. The smallest absolute Gasteiger partial charge is 0.305 e. The van der Waals surface area contributed by atoms with Crippen molar-refractivity contribution in [2.75, 3.05) is 7.11 Å². The molecular weight excluding hydrogens is 288 g/mol. The van der Waals surface area contributed by atoms with Crippen LogP contribution < -0.4 is 0 Å². The molecule has 0 rings (SSSR count). The number of hydrogen-bond donors (Lipinski definition) is 0. The second-order valence-corrected chi connectivity index (χ2v) is 7.22. The van der Waals surface area contributed by atoms with Gasteiger partial charge in [-0.15, -0.1) is 9.81 Å². The highest BCUT2D eigenvalue weighted by Gasteiger charge is 2.26. The Balaban J connectivity index is 4.08. The largest absolute Gasteiger partial charge is 0.469 e. The maximum atomic E-state index is 10.9. The molecule has 0 saturated carbocycles. The molecule has 0 heterocycles. The average molecular weight is 308 g/mol. The van der Waals surface area contributed by atoms with E-state index in [1.165, 1.54) is 7.11 Å². The first-order valence-corrected chi connectivity index (χ1v) is 7.62. The van der Waals surface area contributed by atoms with Gasteiger partial charge in [0, 0.05) is 49.5 Å². The van der Waals surface area contributed by atoms with Crippen LogP contribution in [0.4, 0.5) is 0 Å². The summed E-state index contributed by atoms with van der Waals surface area (Å²) in [4.78, 5) is 31.6. The summed E-state index contributed by atoms with van der Waals surface area (Å²) in [6.45, 7) is 3.82. The van der Waals surface area contributed by atoms with Crippen LogP contribution in [0.1, 0.15) is 46.0 Å². The summed E-state index contributed by atoms with van der Waals surface area (Å²) in [6, 6.07) is 0. The molecule has 0 aromatic carbocycles. The van der Waals surface area contributed by atoms with E-state index in [4.69, 9.17) is 0 Å². The van der Waals surface area contributed by atoms with E-state index in [0.29, 0.717) is 12.8 Å². The molecule has 1 atom stereocenters. The van der Waals surface area contributed by atoms with Gasteiger partial charge >= 0.3 is 5.97 Å². The Labute approximate surface area is 122 Å². The monoisotopic (exact) mass is 308 g/mol. The van der Waals surface area contributed by atoms with Gasteiger partial charge in [0.05, 0.1) is 7.11 Å². The maximum Gasteiger partial charge on any atom is 0.305 e. The number of carbonyl (C=O) groups excluding carboxylic acids is 1. The zero-order chi connectivity index (χ0) is 14.7. The van der Waals surface area contributed by atoms with Gasteiger partial charge in [0.15, 0.2) is 0 Å². The molecular formula is C11H20N2O4S2. The number of ether oxygens (including phenoxy) is 1. The lowest BCUT2D eigenvalue weighted by molar-refractivity contribution is -0.140. The molecule has 0 amide bonds. The van der Waals surface area contributed by atoms with Crippen molar-refractivity contribution in [3.05, 3.63) is 9.81 Å². The molecule has 8 heteroatoms. The summed E-state index contributed by atoms with van der Waals surface area (Å²) in [7, 11) is 1.36. The highest BCUT2D eigenvalue weighted by molar-refractivity contribution is 7.99. The average Bonchev–Trinajstić information content (AvgIpc) is 2.33. The van der Waals surface area contributed by atoms with Crippen LogP contribution in [0.15, 0.2) is 9.16 Å². The van der Waals surface area contributed by atoms with Crippen LogP contribution in [0, 0.1) is 9.81 Å². The lowest BCUT2D eigenvalue weighted by atomic mass is 10.0. The van der Waals surface area contributed by atoms with Crippen LogP contribution in [-0.2, 0) is 9.53 Å². The third kappa shape index (κ3) is 9.89. The van der Waals surface area contributed by atoms with Gasteiger partial charge in [-0.05, 0) is 33.1 Å². The highest BCUT2D eigenvalue weighted by atomic mass is 32.2. The molecule has 19 heavy (non-hydrogen) atoms. The molecule has 6 nitrogen and oxygen atoms in total.